The van der Waals surface area contributed by atoms with Gasteiger partial charge in [0.2, 0.25) is 0 Å². The van der Waals surface area contributed by atoms with Crippen molar-refractivity contribution >= 4 is 47.9 Å². The van der Waals surface area contributed by atoms with Gasteiger partial charge < -0.3 is 0 Å². The molecule has 0 amide bonds. The molecule has 0 saturated heterocycles. The summed E-state index contributed by atoms with van der Waals surface area (Å²) >= 11 is 1.83. The van der Waals surface area contributed by atoms with E-state index in [9.17, 15) is 0 Å². The Morgan fingerprint density at radius 3 is 2.04 bits per heavy atom. The smallest absolute Gasteiger partial charge is 0.160 e. The number of allylic oxidation sites excluding steroid dienone is 5. The summed E-state index contributed by atoms with van der Waals surface area (Å²) in [4.78, 5) is 10.4. The molecule has 1 aliphatic rings. The molecule has 0 radical (unpaired) electrons. The van der Waals surface area contributed by atoms with Gasteiger partial charge in [-0.2, -0.15) is 0 Å². The van der Waals surface area contributed by atoms with Crippen LogP contribution in [0.2, 0.25) is 0 Å². The number of nitrogens with zero attached hydrogens (tertiary/aromatic N) is 2. The number of rotatable bonds is 6. The van der Waals surface area contributed by atoms with Gasteiger partial charge in [-0.05, 0) is 75.4 Å². The molecule has 0 unspecified atom stereocenters. The monoisotopic (exact) mass is 672 g/mol. The van der Waals surface area contributed by atoms with Gasteiger partial charge in [0.15, 0.2) is 5.82 Å². The molecule has 2 nitrogen and oxygen atoms in total. The first-order chi connectivity index (χ1) is 24.9. The van der Waals surface area contributed by atoms with Gasteiger partial charge >= 0.3 is 0 Å². The summed E-state index contributed by atoms with van der Waals surface area (Å²) < 4.78 is 2.56. The van der Waals surface area contributed by atoms with E-state index in [-0.39, 0.29) is 5.41 Å². The van der Waals surface area contributed by atoms with E-state index in [0.717, 1.165) is 33.9 Å². The topological polar surface area (TPSA) is 25.8 Å². The molecular weight excluding hydrogens is 637 g/mol. The first-order valence-electron chi connectivity index (χ1n) is 17.4. The lowest BCUT2D eigenvalue weighted by Gasteiger charge is -2.23. The van der Waals surface area contributed by atoms with Crippen LogP contribution in [0.3, 0.4) is 0 Å². The van der Waals surface area contributed by atoms with E-state index in [4.69, 9.17) is 9.97 Å². The van der Waals surface area contributed by atoms with Gasteiger partial charge in [0.25, 0.3) is 0 Å². The van der Waals surface area contributed by atoms with Gasteiger partial charge in [-0.1, -0.05) is 148 Å². The number of hydrogen-bond acceptors (Lipinski definition) is 3. The predicted octanol–water partition coefficient (Wildman–Crippen LogP) is 13.5. The van der Waals surface area contributed by atoms with Crippen molar-refractivity contribution in [3.05, 3.63) is 175 Å². The summed E-state index contributed by atoms with van der Waals surface area (Å²) in [6, 6.07) is 48.0. The van der Waals surface area contributed by atoms with Gasteiger partial charge in [0, 0.05) is 42.3 Å². The van der Waals surface area contributed by atoms with Gasteiger partial charge in [0.05, 0.1) is 11.4 Å². The third-order valence-corrected chi connectivity index (χ3v) is 11.7. The third kappa shape index (κ3) is 5.16. The Morgan fingerprint density at radius 1 is 0.569 bits per heavy atom. The molecule has 0 spiro atoms. The Balaban J connectivity index is 1.20. The molecule has 9 rings (SSSR count). The summed E-state index contributed by atoms with van der Waals surface area (Å²) in [5.74, 6) is 0.720. The largest absolute Gasteiger partial charge is 0.228 e. The zero-order chi connectivity index (χ0) is 34.7. The molecular formula is C48H36N2S. The quantitative estimate of drug-likeness (QED) is 0.164. The Hall–Kier alpha value is -5.90. The lowest BCUT2D eigenvalue weighted by molar-refractivity contribution is 0.654. The van der Waals surface area contributed by atoms with Crippen LogP contribution in [0.1, 0.15) is 31.9 Å². The van der Waals surface area contributed by atoms with Gasteiger partial charge in [0.1, 0.15) is 0 Å². The Morgan fingerprint density at radius 2 is 1.24 bits per heavy atom. The van der Waals surface area contributed by atoms with Crippen LogP contribution in [-0.2, 0) is 5.41 Å². The fraction of sp³-hybridized carbons (Fsp3) is 0.0833. The standard InChI is InChI=1S/C48H36N2S/c1-5-6-19-41-30(2)40-27-32(22-26-42(40)48(41,3)4)34-24-25-37(36-17-11-10-16-35(34)36)44-29-43(49-47(50-44)31-14-8-7-9-15-31)33-21-23-39-38-18-12-13-20-45(38)51-46(39)28-33/h5-29H,1H2,2-4H3/b19-6-. The van der Waals surface area contributed by atoms with E-state index < -0.39 is 0 Å². The van der Waals surface area contributed by atoms with Crippen molar-refractivity contribution in [1.82, 2.24) is 9.97 Å². The lowest BCUT2D eigenvalue weighted by atomic mass is 9.80. The zero-order valence-corrected chi connectivity index (χ0v) is 29.8. The molecule has 2 aromatic heterocycles. The van der Waals surface area contributed by atoms with Crippen molar-refractivity contribution < 1.29 is 0 Å². The number of thiophene rings is 1. The van der Waals surface area contributed by atoms with Crippen LogP contribution >= 0.6 is 11.3 Å². The third-order valence-electron chi connectivity index (χ3n) is 10.5. The molecule has 244 valence electrons. The van der Waals surface area contributed by atoms with E-state index >= 15 is 0 Å². The first kappa shape index (κ1) is 31.1. The number of aromatic nitrogens is 2. The molecule has 51 heavy (non-hydrogen) atoms. The minimum absolute atomic E-state index is 0.0634. The minimum atomic E-state index is -0.0634. The fourth-order valence-electron chi connectivity index (χ4n) is 7.93. The van der Waals surface area contributed by atoms with Crippen LogP contribution in [0.15, 0.2) is 164 Å². The van der Waals surface area contributed by atoms with E-state index in [1.54, 1.807) is 0 Å². The van der Waals surface area contributed by atoms with Crippen molar-refractivity contribution in [3.63, 3.8) is 0 Å². The summed E-state index contributed by atoms with van der Waals surface area (Å²) in [6.45, 7) is 10.8. The molecule has 0 bridgehead atoms. The maximum Gasteiger partial charge on any atom is 0.160 e. The summed E-state index contributed by atoms with van der Waals surface area (Å²) in [7, 11) is 0. The second-order valence-corrected chi connectivity index (χ2v) is 14.9. The van der Waals surface area contributed by atoms with Gasteiger partial charge in [-0.15, -0.1) is 11.3 Å². The van der Waals surface area contributed by atoms with Crippen LogP contribution in [0.4, 0.5) is 0 Å². The highest BCUT2D eigenvalue weighted by Gasteiger charge is 2.34. The SMILES string of the molecule is C=C/C=C\C1=C(C)c2cc(-c3ccc(-c4cc(-c5ccc6c(c5)sc5ccccc56)nc(-c5ccccc5)n4)c4ccccc34)ccc2C1(C)C. The lowest BCUT2D eigenvalue weighted by Crippen LogP contribution is -2.16. The van der Waals surface area contributed by atoms with Crippen molar-refractivity contribution in [2.45, 2.75) is 26.2 Å². The molecule has 0 N–H and O–H groups in total. The van der Waals surface area contributed by atoms with Crippen molar-refractivity contribution in [2.75, 3.05) is 0 Å². The highest BCUT2D eigenvalue weighted by atomic mass is 32.1. The number of fused-ring (bicyclic) bond motifs is 5. The van der Waals surface area contributed by atoms with Crippen LogP contribution in [0.25, 0.3) is 81.5 Å². The van der Waals surface area contributed by atoms with Crippen molar-refractivity contribution in [1.29, 1.82) is 0 Å². The Labute approximate surface area is 302 Å². The molecule has 0 aliphatic heterocycles. The average Bonchev–Trinajstić information content (AvgIpc) is 3.63. The average molecular weight is 673 g/mol. The Bertz CT molecular complexity index is 2740. The first-order valence-corrected chi connectivity index (χ1v) is 18.3. The normalized spacial score (nSPS) is 13.9. The maximum atomic E-state index is 5.23. The summed E-state index contributed by atoms with van der Waals surface area (Å²) in [5, 5.41) is 4.95. The number of hydrogen-bond donors (Lipinski definition) is 0. The fourth-order valence-corrected chi connectivity index (χ4v) is 9.08. The van der Waals surface area contributed by atoms with Gasteiger partial charge in [-0.25, -0.2) is 9.97 Å². The summed E-state index contributed by atoms with van der Waals surface area (Å²) in [5.41, 5.74) is 12.7. The zero-order valence-electron chi connectivity index (χ0n) is 28.9. The molecule has 2 heterocycles. The minimum Gasteiger partial charge on any atom is -0.228 e. The molecule has 8 aromatic rings. The second kappa shape index (κ2) is 12.2. The van der Waals surface area contributed by atoms with Gasteiger partial charge in [-0.3, -0.25) is 0 Å². The van der Waals surface area contributed by atoms with Crippen molar-refractivity contribution in [2.24, 2.45) is 0 Å². The highest BCUT2D eigenvalue weighted by Crippen LogP contribution is 2.48. The van der Waals surface area contributed by atoms with E-state index in [1.807, 2.05) is 41.7 Å². The molecule has 0 saturated carbocycles. The van der Waals surface area contributed by atoms with Crippen LogP contribution in [-0.4, -0.2) is 9.97 Å². The maximum absolute atomic E-state index is 5.23. The number of benzene rings is 6. The molecule has 0 atom stereocenters. The highest BCUT2D eigenvalue weighted by molar-refractivity contribution is 7.25. The van der Waals surface area contributed by atoms with E-state index in [1.165, 1.54) is 64.3 Å². The van der Waals surface area contributed by atoms with Crippen molar-refractivity contribution in [3.8, 4) is 45.0 Å². The van der Waals surface area contributed by atoms with E-state index in [2.05, 4.69) is 149 Å². The molecule has 1 aliphatic carbocycles. The molecule has 6 aromatic carbocycles. The van der Waals surface area contributed by atoms with E-state index in [0.29, 0.717) is 0 Å². The second-order valence-electron chi connectivity index (χ2n) is 13.9. The Kier molecular flexibility index (Phi) is 7.41. The summed E-state index contributed by atoms with van der Waals surface area (Å²) in [6.07, 6.45) is 6.11. The van der Waals surface area contributed by atoms with Crippen LogP contribution in [0, 0.1) is 0 Å². The predicted molar refractivity (Wildman–Crippen MR) is 219 cm³/mol. The van der Waals surface area contributed by atoms with Crippen LogP contribution in [0.5, 0.6) is 0 Å². The molecule has 3 heteroatoms. The van der Waals surface area contributed by atoms with Crippen LogP contribution < -0.4 is 0 Å². The molecule has 0 fully saturated rings.